The highest BCUT2D eigenvalue weighted by Crippen LogP contribution is 2.26. The number of anilines is 1. The molecule has 0 saturated carbocycles. The molecule has 1 aliphatic carbocycles. The number of benzene rings is 1. The Balaban J connectivity index is 1.94. The first-order chi connectivity index (χ1) is 8.65. The van der Waals surface area contributed by atoms with Crippen molar-refractivity contribution in [2.24, 2.45) is 0 Å². The minimum Gasteiger partial charge on any atom is -0.326 e. The van der Waals surface area contributed by atoms with Gasteiger partial charge < -0.3 is 5.32 Å². The van der Waals surface area contributed by atoms with Gasteiger partial charge in [0.05, 0.1) is 5.02 Å². The lowest BCUT2D eigenvalue weighted by molar-refractivity contribution is -0.115. The molecule has 0 fully saturated rings. The second kappa shape index (κ2) is 6.39. The maximum absolute atomic E-state index is 11.9. The molecule has 1 aromatic carbocycles. The summed E-state index contributed by atoms with van der Waals surface area (Å²) in [6, 6.07) is 5.42. The Morgan fingerprint density at radius 3 is 2.89 bits per heavy atom. The number of hydrogen-bond donors (Lipinski definition) is 1. The van der Waals surface area contributed by atoms with Gasteiger partial charge in [-0.1, -0.05) is 23.3 Å². The summed E-state index contributed by atoms with van der Waals surface area (Å²) in [6.07, 6.45) is 7.28. The van der Waals surface area contributed by atoms with Crippen molar-refractivity contribution in [3.05, 3.63) is 39.3 Å². The SMILES string of the molecule is O=C(CC1=CCCCC1)Nc1ccc(Br)c(Cl)c1. The van der Waals surface area contributed by atoms with Gasteiger partial charge in [-0.3, -0.25) is 4.79 Å². The Labute approximate surface area is 121 Å². The summed E-state index contributed by atoms with van der Waals surface area (Å²) < 4.78 is 0.831. The Morgan fingerprint density at radius 1 is 1.39 bits per heavy atom. The summed E-state index contributed by atoms with van der Waals surface area (Å²) >= 11 is 9.30. The third kappa shape index (κ3) is 3.85. The number of nitrogens with one attached hydrogen (secondary N) is 1. The third-order valence-corrected chi connectivity index (χ3v) is 4.21. The largest absolute Gasteiger partial charge is 0.326 e. The van der Waals surface area contributed by atoms with Gasteiger partial charge in [-0.15, -0.1) is 0 Å². The first-order valence-corrected chi connectivity index (χ1v) is 7.25. The van der Waals surface area contributed by atoms with Crippen LogP contribution in [0, 0.1) is 0 Å². The van der Waals surface area contributed by atoms with Crippen LogP contribution in [0.4, 0.5) is 5.69 Å². The van der Waals surface area contributed by atoms with Crippen molar-refractivity contribution in [1.29, 1.82) is 0 Å². The quantitative estimate of drug-likeness (QED) is 0.783. The van der Waals surface area contributed by atoms with Gasteiger partial charge in [0.25, 0.3) is 0 Å². The Kier molecular flexibility index (Phi) is 4.84. The van der Waals surface area contributed by atoms with E-state index in [0.29, 0.717) is 11.4 Å². The average molecular weight is 329 g/mol. The van der Waals surface area contributed by atoms with Crippen molar-refractivity contribution >= 4 is 39.1 Å². The van der Waals surface area contributed by atoms with Crippen LogP contribution in [0.3, 0.4) is 0 Å². The zero-order valence-corrected chi connectivity index (χ0v) is 12.4. The molecule has 0 saturated heterocycles. The number of hydrogen-bond acceptors (Lipinski definition) is 1. The second-order valence-electron chi connectivity index (χ2n) is 4.46. The summed E-state index contributed by atoms with van der Waals surface area (Å²) in [5, 5.41) is 3.47. The fourth-order valence-corrected chi connectivity index (χ4v) is 2.48. The van der Waals surface area contributed by atoms with Gasteiger partial charge in [0.15, 0.2) is 0 Å². The van der Waals surface area contributed by atoms with E-state index in [1.807, 2.05) is 12.1 Å². The van der Waals surface area contributed by atoms with Crippen molar-refractivity contribution in [2.45, 2.75) is 32.1 Å². The minimum atomic E-state index is 0.0292. The lowest BCUT2D eigenvalue weighted by atomic mass is 9.97. The van der Waals surface area contributed by atoms with E-state index in [-0.39, 0.29) is 5.91 Å². The van der Waals surface area contributed by atoms with E-state index in [1.54, 1.807) is 6.07 Å². The lowest BCUT2D eigenvalue weighted by Gasteiger charge is -2.12. The first kappa shape index (κ1) is 13.6. The van der Waals surface area contributed by atoms with Crippen LogP contribution in [0.2, 0.25) is 5.02 Å². The predicted octanol–water partition coefficient (Wildman–Crippen LogP) is 4.93. The van der Waals surface area contributed by atoms with Crippen LogP contribution < -0.4 is 5.32 Å². The van der Waals surface area contributed by atoms with Crippen LogP contribution in [-0.4, -0.2) is 5.91 Å². The number of carbonyl (C=O) groups excluding carboxylic acids is 1. The zero-order chi connectivity index (χ0) is 13.0. The molecule has 0 radical (unpaired) electrons. The molecule has 18 heavy (non-hydrogen) atoms. The molecular weight excluding hydrogens is 314 g/mol. The van der Waals surface area contributed by atoms with E-state index in [2.05, 4.69) is 27.3 Å². The van der Waals surface area contributed by atoms with Crippen LogP contribution in [0.15, 0.2) is 34.3 Å². The normalized spacial score (nSPS) is 15.1. The molecule has 4 heteroatoms. The van der Waals surface area contributed by atoms with E-state index in [0.717, 1.165) is 23.0 Å². The van der Waals surface area contributed by atoms with Gasteiger partial charge in [0.1, 0.15) is 0 Å². The molecule has 0 aliphatic heterocycles. The van der Waals surface area contributed by atoms with Gasteiger partial charge in [-0.25, -0.2) is 0 Å². The molecule has 0 unspecified atom stereocenters. The number of halogens is 2. The van der Waals surface area contributed by atoms with Crippen LogP contribution in [0.5, 0.6) is 0 Å². The minimum absolute atomic E-state index is 0.0292. The Hall–Kier alpha value is -0.800. The molecule has 0 spiro atoms. The van der Waals surface area contributed by atoms with E-state index in [4.69, 9.17) is 11.6 Å². The molecule has 96 valence electrons. The molecular formula is C14H15BrClNO. The first-order valence-electron chi connectivity index (χ1n) is 6.08. The fraction of sp³-hybridized carbons (Fsp3) is 0.357. The molecule has 1 amide bonds. The maximum atomic E-state index is 11.9. The smallest absolute Gasteiger partial charge is 0.228 e. The van der Waals surface area contributed by atoms with Crippen molar-refractivity contribution < 1.29 is 4.79 Å². The van der Waals surface area contributed by atoms with Crippen LogP contribution in [0.1, 0.15) is 32.1 Å². The Bertz CT molecular complexity index is 485. The van der Waals surface area contributed by atoms with Gasteiger partial charge >= 0.3 is 0 Å². The molecule has 0 heterocycles. The highest BCUT2D eigenvalue weighted by molar-refractivity contribution is 9.10. The molecule has 1 aromatic rings. The second-order valence-corrected chi connectivity index (χ2v) is 5.72. The summed E-state index contributed by atoms with van der Waals surface area (Å²) in [5.74, 6) is 0.0292. The zero-order valence-electron chi connectivity index (χ0n) is 10.0. The Morgan fingerprint density at radius 2 is 2.22 bits per heavy atom. The fourth-order valence-electron chi connectivity index (χ4n) is 2.05. The predicted molar refractivity (Wildman–Crippen MR) is 78.9 cm³/mol. The van der Waals surface area contributed by atoms with E-state index in [9.17, 15) is 4.79 Å². The summed E-state index contributed by atoms with van der Waals surface area (Å²) in [7, 11) is 0. The number of rotatable bonds is 3. The van der Waals surface area contributed by atoms with Crippen molar-refractivity contribution in [1.82, 2.24) is 0 Å². The lowest BCUT2D eigenvalue weighted by Crippen LogP contribution is -2.13. The molecule has 0 bridgehead atoms. The number of amides is 1. The van der Waals surface area contributed by atoms with E-state index < -0.39 is 0 Å². The monoisotopic (exact) mass is 327 g/mol. The molecule has 2 nitrogen and oxygen atoms in total. The number of carbonyl (C=O) groups is 1. The third-order valence-electron chi connectivity index (χ3n) is 2.98. The van der Waals surface area contributed by atoms with Gasteiger partial charge in [-0.05, 0) is 59.8 Å². The number of allylic oxidation sites excluding steroid dienone is 1. The van der Waals surface area contributed by atoms with E-state index >= 15 is 0 Å². The highest BCUT2D eigenvalue weighted by atomic mass is 79.9. The van der Waals surface area contributed by atoms with Crippen molar-refractivity contribution in [2.75, 3.05) is 5.32 Å². The standard InChI is InChI=1S/C14H15BrClNO/c15-12-7-6-11(9-13(12)16)17-14(18)8-10-4-2-1-3-5-10/h4,6-7,9H,1-3,5,8H2,(H,17,18). The van der Waals surface area contributed by atoms with Crippen molar-refractivity contribution in [3.63, 3.8) is 0 Å². The topological polar surface area (TPSA) is 29.1 Å². The molecule has 1 N–H and O–H groups in total. The highest BCUT2D eigenvalue weighted by Gasteiger charge is 2.09. The van der Waals surface area contributed by atoms with Crippen LogP contribution >= 0.6 is 27.5 Å². The van der Waals surface area contributed by atoms with Crippen LogP contribution in [0.25, 0.3) is 0 Å². The maximum Gasteiger partial charge on any atom is 0.228 e. The van der Waals surface area contributed by atoms with Gasteiger partial charge in [0.2, 0.25) is 5.91 Å². The molecule has 0 atom stereocenters. The van der Waals surface area contributed by atoms with Crippen LogP contribution in [-0.2, 0) is 4.79 Å². The van der Waals surface area contributed by atoms with Crippen molar-refractivity contribution in [3.8, 4) is 0 Å². The summed E-state index contributed by atoms with van der Waals surface area (Å²) in [6.45, 7) is 0. The van der Waals surface area contributed by atoms with E-state index in [1.165, 1.54) is 18.4 Å². The molecule has 1 aliphatic rings. The summed E-state index contributed by atoms with van der Waals surface area (Å²) in [5.41, 5.74) is 1.99. The average Bonchev–Trinajstić information content (AvgIpc) is 2.35. The van der Waals surface area contributed by atoms with Gasteiger partial charge in [-0.2, -0.15) is 0 Å². The molecule has 2 rings (SSSR count). The molecule has 0 aromatic heterocycles. The summed E-state index contributed by atoms with van der Waals surface area (Å²) in [4.78, 5) is 11.9. The van der Waals surface area contributed by atoms with Gasteiger partial charge in [0, 0.05) is 16.6 Å².